The van der Waals surface area contributed by atoms with E-state index in [0.29, 0.717) is 17.2 Å². The molecule has 1 aliphatic carbocycles. The average Bonchev–Trinajstić information content (AvgIpc) is 3.18. The van der Waals surface area contributed by atoms with Crippen LogP contribution in [0.1, 0.15) is 31.6 Å². The van der Waals surface area contributed by atoms with E-state index in [1.165, 1.54) is 0 Å². The number of hydrogen-bond donors (Lipinski definition) is 3. The van der Waals surface area contributed by atoms with Crippen molar-refractivity contribution in [1.82, 2.24) is 10.3 Å². The molecule has 0 unspecified atom stereocenters. The lowest BCUT2D eigenvalue weighted by Gasteiger charge is -2.11. The lowest BCUT2D eigenvalue weighted by molar-refractivity contribution is 0.229. The molecule has 0 radical (unpaired) electrons. The topological polar surface area (TPSA) is 87.4 Å². The third-order valence-electron chi connectivity index (χ3n) is 3.24. The molecule has 6 heteroatoms. The normalized spacial score (nSPS) is 16.1. The summed E-state index contributed by atoms with van der Waals surface area (Å²) in [5, 5.41) is 14.2. The van der Waals surface area contributed by atoms with E-state index in [9.17, 15) is 4.79 Å². The molecule has 1 aromatic carbocycles. The Bertz CT molecular complexity index is 634. The summed E-state index contributed by atoms with van der Waals surface area (Å²) in [7, 11) is 0. The lowest BCUT2D eigenvalue weighted by atomic mass is 10.3. The van der Waals surface area contributed by atoms with Gasteiger partial charge in [-0.15, -0.1) is 0 Å². The summed E-state index contributed by atoms with van der Waals surface area (Å²) in [4.78, 5) is 16.1. The van der Waals surface area contributed by atoms with Crippen LogP contribution in [0.4, 0.5) is 10.5 Å². The molecular weight excluding hydrogens is 258 g/mol. The number of benzene rings is 1. The number of anilines is 1. The third-order valence-corrected chi connectivity index (χ3v) is 3.24. The van der Waals surface area contributed by atoms with E-state index in [4.69, 9.17) is 9.52 Å². The first-order valence-corrected chi connectivity index (χ1v) is 6.74. The van der Waals surface area contributed by atoms with Crippen LogP contribution in [0.2, 0.25) is 0 Å². The number of amides is 2. The highest BCUT2D eigenvalue weighted by Gasteiger charge is 2.28. The van der Waals surface area contributed by atoms with Gasteiger partial charge in [0, 0.05) is 17.7 Å². The summed E-state index contributed by atoms with van der Waals surface area (Å²) in [6.07, 6.45) is 2.28. The summed E-state index contributed by atoms with van der Waals surface area (Å²) in [5.74, 6) is 1.25. The van der Waals surface area contributed by atoms with E-state index in [2.05, 4.69) is 15.6 Å². The predicted octanol–water partition coefficient (Wildman–Crippen LogP) is 2.21. The van der Waals surface area contributed by atoms with Gasteiger partial charge in [0.15, 0.2) is 11.5 Å². The molecule has 1 atom stereocenters. The fourth-order valence-corrected chi connectivity index (χ4v) is 1.96. The van der Waals surface area contributed by atoms with Crippen LogP contribution in [0.25, 0.3) is 11.1 Å². The van der Waals surface area contributed by atoms with Gasteiger partial charge >= 0.3 is 6.03 Å². The molecule has 1 aliphatic rings. The number of oxazole rings is 1. The van der Waals surface area contributed by atoms with E-state index in [-0.39, 0.29) is 18.7 Å². The minimum atomic E-state index is -0.354. The van der Waals surface area contributed by atoms with Crippen LogP contribution in [0, 0.1) is 0 Å². The molecule has 1 aromatic heterocycles. The maximum absolute atomic E-state index is 11.7. The molecule has 6 nitrogen and oxygen atoms in total. The zero-order valence-corrected chi connectivity index (χ0v) is 11.2. The number of aliphatic hydroxyl groups is 1. The van der Waals surface area contributed by atoms with Gasteiger partial charge in [-0.1, -0.05) is 0 Å². The molecule has 0 spiro atoms. The number of carbonyl (C=O) groups is 1. The monoisotopic (exact) mass is 275 g/mol. The maximum Gasteiger partial charge on any atom is 0.319 e. The van der Waals surface area contributed by atoms with Crippen LogP contribution >= 0.6 is 0 Å². The first-order chi connectivity index (χ1) is 9.65. The molecule has 3 rings (SSSR count). The Labute approximate surface area is 116 Å². The number of carbonyl (C=O) groups excluding carboxylic acids is 1. The van der Waals surface area contributed by atoms with Gasteiger partial charge < -0.3 is 20.2 Å². The Hall–Kier alpha value is -2.08. The van der Waals surface area contributed by atoms with Crippen LogP contribution in [-0.4, -0.2) is 28.8 Å². The van der Waals surface area contributed by atoms with Crippen molar-refractivity contribution in [1.29, 1.82) is 0 Å². The van der Waals surface area contributed by atoms with Crippen molar-refractivity contribution >= 4 is 22.8 Å². The van der Waals surface area contributed by atoms with Crippen molar-refractivity contribution in [2.24, 2.45) is 0 Å². The van der Waals surface area contributed by atoms with E-state index < -0.39 is 0 Å². The molecule has 0 saturated heterocycles. The summed E-state index contributed by atoms with van der Waals surface area (Å²) in [5.41, 5.74) is 2.13. The molecule has 3 N–H and O–H groups in total. The Morgan fingerprint density at radius 3 is 3.05 bits per heavy atom. The largest absolute Gasteiger partial charge is 0.440 e. The third kappa shape index (κ3) is 2.75. The van der Waals surface area contributed by atoms with Gasteiger partial charge in [0.1, 0.15) is 5.52 Å². The fraction of sp³-hybridized carbons (Fsp3) is 0.429. The maximum atomic E-state index is 11.7. The van der Waals surface area contributed by atoms with Gasteiger partial charge in [-0.2, -0.15) is 0 Å². The zero-order valence-electron chi connectivity index (χ0n) is 11.2. The van der Waals surface area contributed by atoms with Crippen molar-refractivity contribution < 1.29 is 14.3 Å². The highest BCUT2D eigenvalue weighted by Crippen LogP contribution is 2.40. The predicted molar refractivity (Wildman–Crippen MR) is 74.7 cm³/mol. The average molecular weight is 275 g/mol. The molecule has 106 valence electrons. The van der Waals surface area contributed by atoms with E-state index in [1.807, 2.05) is 6.07 Å². The number of aromatic nitrogens is 1. The van der Waals surface area contributed by atoms with Crippen molar-refractivity contribution in [3.8, 4) is 0 Å². The SMILES string of the molecule is C[C@@H](CO)NC(=O)Nc1ccc2nc(C3CC3)oc2c1. The Balaban J connectivity index is 1.73. The van der Waals surface area contributed by atoms with Crippen molar-refractivity contribution in [2.45, 2.75) is 31.7 Å². The molecule has 1 saturated carbocycles. The van der Waals surface area contributed by atoms with Gasteiger partial charge in [-0.25, -0.2) is 9.78 Å². The molecule has 2 amide bonds. The van der Waals surface area contributed by atoms with Crippen molar-refractivity contribution in [2.75, 3.05) is 11.9 Å². The minimum absolute atomic E-state index is 0.0979. The van der Waals surface area contributed by atoms with Crippen LogP contribution in [0.15, 0.2) is 22.6 Å². The second-order valence-corrected chi connectivity index (χ2v) is 5.19. The highest BCUT2D eigenvalue weighted by atomic mass is 16.3. The second kappa shape index (κ2) is 5.13. The van der Waals surface area contributed by atoms with Gasteiger partial charge in [-0.05, 0) is 31.9 Å². The fourth-order valence-electron chi connectivity index (χ4n) is 1.96. The van der Waals surface area contributed by atoms with E-state index in [1.54, 1.807) is 19.1 Å². The lowest BCUT2D eigenvalue weighted by Crippen LogP contribution is -2.38. The number of nitrogens with zero attached hydrogens (tertiary/aromatic N) is 1. The number of nitrogens with one attached hydrogen (secondary N) is 2. The summed E-state index contributed by atoms with van der Waals surface area (Å²) in [6.45, 7) is 1.63. The molecule has 0 aliphatic heterocycles. The number of aliphatic hydroxyl groups excluding tert-OH is 1. The van der Waals surface area contributed by atoms with Crippen LogP contribution < -0.4 is 10.6 Å². The Kier molecular flexibility index (Phi) is 3.31. The Morgan fingerprint density at radius 2 is 2.35 bits per heavy atom. The zero-order chi connectivity index (χ0) is 14.1. The summed E-state index contributed by atoms with van der Waals surface area (Å²) in [6, 6.07) is 4.73. The smallest absolute Gasteiger partial charge is 0.319 e. The number of urea groups is 1. The van der Waals surface area contributed by atoms with Crippen LogP contribution in [-0.2, 0) is 0 Å². The highest BCUT2D eigenvalue weighted by molar-refractivity contribution is 5.91. The summed E-state index contributed by atoms with van der Waals surface area (Å²) >= 11 is 0. The quantitative estimate of drug-likeness (QED) is 0.798. The number of hydrogen-bond acceptors (Lipinski definition) is 4. The first-order valence-electron chi connectivity index (χ1n) is 6.74. The summed E-state index contributed by atoms with van der Waals surface area (Å²) < 4.78 is 5.69. The van der Waals surface area contributed by atoms with Crippen LogP contribution in [0.3, 0.4) is 0 Å². The molecule has 0 bridgehead atoms. The van der Waals surface area contributed by atoms with Crippen molar-refractivity contribution in [3.63, 3.8) is 0 Å². The van der Waals surface area contributed by atoms with Gasteiger partial charge in [0.2, 0.25) is 0 Å². The standard InChI is InChI=1S/C14H17N3O3/c1-8(7-18)15-14(19)16-10-4-5-11-12(6-10)20-13(17-11)9-2-3-9/h4-6,8-9,18H,2-3,7H2,1H3,(H2,15,16,19)/t8-/m0/s1. The van der Waals surface area contributed by atoms with Gasteiger partial charge in [0.25, 0.3) is 0 Å². The van der Waals surface area contributed by atoms with E-state index >= 15 is 0 Å². The second-order valence-electron chi connectivity index (χ2n) is 5.19. The molecule has 2 aromatic rings. The molecule has 1 heterocycles. The molecule has 20 heavy (non-hydrogen) atoms. The molecular formula is C14H17N3O3. The van der Waals surface area contributed by atoms with Crippen molar-refractivity contribution in [3.05, 3.63) is 24.1 Å². The van der Waals surface area contributed by atoms with E-state index in [0.717, 1.165) is 24.2 Å². The number of rotatable bonds is 4. The Morgan fingerprint density at radius 1 is 1.55 bits per heavy atom. The van der Waals surface area contributed by atoms with Crippen LogP contribution in [0.5, 0.6) is 0 Å². The number of fused-ring (bicyclic) bond motifs is 1. The van der Waals surface area contributed by atoms with Gasteiger partial charge in [-0.3, -0.25) is 0 Å². The minimum Gasteiger partial charge on any atom is -0.440 e. The van der Waals surface area contributed by atoms with Gasteiger partial charge in [0.05, 0.1) is 12.6 Å². The first kappa shape index (κ1) is 12.9. The molecule has 1 fully saturated rings.